The van der Waals surface area contributed by atoms with Gasteiger partial charge in [-0.1, -0.05) is 0 Å². The summed E-state index contributed by atoms with van der Waals surface area (Å²) < 4.78 is 2.41. The number of aromatic nitrogens is 3. The first kappa shape index (κ1) is 14.5. The SMILES string of the molecule is CN1CCC(Cn2c(CC3CCCS3)nc3cccnc32)C1. The quantitative estimate of drug-likeness (QED) is 0.868. The van der Waals surface area contributed by atoms with E-state index < -0.39 is 0 Å². The fourth-order valence-electron chi connectivity index (χ4n) is 3.80. The smallest absolute Gasteiger partial charge is 0.159 e. The molecule has 2 aromatic heterocycles. The van der Waals surface area contributed by atoms with Gasteiger partial charge in [0.15, 0.2) is 5.65 Å². The summed E-state index contributed by atoms with van der Waals surface area (Å²) in [5.74, 6) is 3.30. The molecule has 4 nitrogen and oxygen atoms in total. The number of hydrogen-bond donors (Lipinski definition) is 0. The Morgan fingerprint density at radius 2 is 2.32 bits per heavy atom. The van der Waals surface area contributed by atoms with Crippen molar-refractivity contribution < 1.29 is 0 Å². The molecule has 0 N–H and O–H groups in total. The van der Waals surface area contributed by atoms with Crippen molar-refractivity contribution in [2.75, 3.05) is 25.9 Å². The third-order valence-electron chi connectivity index (χ3n) is 4.95. The van der Waals surface area contributed by atoms with E-state index in [4.69, 9.17) is 4.98 Å². The molecule has 2 saturated heterocycles. The van der Waals surface area contributed by atoms with Crippen molar-refractivity contribution in [1.82, 2.24) is 19.4 Å². The molecule has 0 spiro atoms. The summed E-state index contributed by atoms with van der Waals surface area (Å²) in [5, 5.41) is 0.752. The van der Waals surface area contributed by atoms with Gasteiger partial charge in [0.05, 0.1) is 0 Å². The van der Waals surface area contributed by atoms with Crippen LogP contribution >= 0.6 is 11.8 Å². The van der Waals surface area contributed by atoms with E-state index in [2.05, 4.69) is 39.3 Å². The van der Waals surface area contributed by atoms with Gasteiger partial charge in [-0.25, -0.2) is 9.97 Å². The zero-order valence-electron chi connectivity index (χ0n) is 13.2. The number of hydrogen-bond acceptors (Lipinski definition) is 4. The number of fused-ring (bicyclic) bond motifs is 1. The van der Waals surface area contributed by atoms with Crippen LogP contribution in [0.1, 0.15) is 25.1 Å². The molecule has 0 aliphatic carbocycles. The lowest BCUT2D eigenvalue weighted by Crippen LogP contribution is -2.19. The standard InChI is InChI=1S/C17H24N4S/c1-20-8-6-13(11-20)12-21-16(10-14-4-3-9-22-14)19-15-5-2-7-18-17(15)21/h2,5,7,13-14H,3-4,6,8-12H2,1H3. The maximum atomic E-state index is 4.91. The molecular weight excluding hydrogens is 292 g/mol. The van der Waals surface area contributed by atoms with Crippen LogP contribution in [0.2, 0.25) is 0 Å². The first-order valence-corrected chi connectivity index (χ1v) is 9.45. The monoisotopic (exact) mass is 316 g/mol. The van der Waals surface area contributed by atoms with Crippen molar-refractivity contribution in [2.45, 2.75) is 37.5 Å². The largest absolute Gasteiger partial charge is 0.312 e. The second-order valence-electron chi connectivity index (χ2n) is 6.74. The summed E-state index contributed by atoms with van der Waals surface area (Å²) in [7, 11) is 2.22. The first-order chi connectivity index (χ1) is 10.8. The van der Waals surface area contributed by atoms with E-state index in [1.165, 1.54) is 43.9 Å². The molecule has 4 rings (SSSR count). The minimum atomic E-state index is 0.736. The second kappa shape index (κ2) is 6.20. The van der Waals surface area contributed by atoms with Gasteiger partial charge >= 0.3 is 0 Å². The van der Waals surface area contributed by atoms with Gasteiger partial charge in [-0.3, -0.25) is 0 Å². The maximum absolute atomic E-state index is 4.91. The maximum Gasteiger partial charge on any atom is 0.159 e. The second-order valence-corrected chi connectivity index (χ2v) is 8.15. The highest BCUT2D eigenvalue weighted by atomic mass is 32.2. The van der Waals surface area contributed by atoms with Crippen LogP contribution in [-0.2, 0) is 13.0 Å². The molecule has 0 radical (unpaired) electrons. The van der Waals surface area contributed by atoms with E-state index in [-0.39, 0.29) is 0 Å². The zero-order chi connectivity index (χ0) is 14.9. The van der Waals surface area contributed by atoms with E-state index in [9.17, 15) is 0 Å². The van der Waals surface area contributed by atoms with Gasteiger partial charge in [-0.05, 0) is 56.7 Å². The predicted octanol–water partition coefficient (Wildman–Crippen LogP) is 2.82. The highest BCUT2D eigenvalue weighted by Gasteiger charge is 2.24. The van der Waals surface area contributed by atoms with Gasteiger partial charge < -0.3 is 9.47 Å². The molecule has 2 fully saturated rings. The molecule has 0 amide bonds. The van der Waals surface area contributed by atoms with Crippen molar-refractivity contribution in [1.29, 1.82) is 0 Å². The Hall–Kier alpha value is -1.07. The Kier molecular flexibility index (Phi) is 4.09. The summed E-state index contributed by atoms with van der Waals surface area (Å²) in [4.78, 5) is 12.0. The lowest BCUT2D eigenvalue weighted by Gasteiger charge is -2.15. The van der Waals surface area contributed by atoms with Gasteiger partial charge in [0, 0.05) is 31.0 Å². The lowest BCUT2D eigenvalue weighted by molar-refractivity contribution is 0.377. The molecular formula is C17H24N4S. The average Bonchev–Trinajstić information content (AvgIpc) is 3.23. The van der Waals surface area contributed by atoms with Crippen molar-refractivity contribution in [3.63, 3.8) is 0 Å². The molecule has 4 heterocycles. The van der Waals surface area contributed by atoms with Crippen LogP contribution in [0.15, 0.2) is 18.3 Å². The summed E-state index contributed by atoms with van der Waals surface area (Å²) >= 11 is 2.12. The molecule has 2 aromatic rings. The molecule has 2 aliphatic rings. The number of nitrogens with zero attached hydrogens (tertiary/aromatic N) is 4. The highest BCUT2D eigenvalue weighted by molar-refractivity contribution is 8.00. The predicted molar refractivity (Wildman–Crippen MR) is 92.3 cm³/mol. The summed E-state index contributed by atoms with van der Waals surface area (Å²) in [6.07, 6.45) is 6.99. The fraction of sp³-hybridized carbons (Fsp3) is 0.647. The minimum Gasteiger partial charge on any atom is -0.312 e. The molecule has 22 heavy (non-hydrogen) atoms. The van der Waals surface area contributed by atoms with Crippen LogP contribution in [0.25, 0.3) is 11.2 Å². The van der Waals surface area contributed by atoms with Gasteiger partial charge in [0.25, 0.3) is 0 Å². The van der Waals surface area contributed by atoms with Gasteiger partial charge in [-0.2, -0.15) is 11.8 Å². The molecule has 0 saturated carbocycles. The summed E-state index contributed by atoms with van der Waals surface area (Å²) in [6, 6.07) is 4.10. The third-order valence-corrected chi connectivity index (χ3v) is 6.34. The Morgan fingerprint density at radius 1 is 1.36 bits per heavy atom. The number of likely N-dealkylation sites (tertiary alicyclic amines) is 1. The third kappa shape index (κ3) is 2.88. The molecule has 2 unspecified atom stereocenters. The molecule has 0 aromatic carbocycles. The van der Waals surface area contributed by atoms with Crippen LogP contribution in [-0.4, -0.2) is 50.6 Å². The normalized spacial score (nSPS) is 26.2. The Balaban J connectivity index is 1.63. The van der Waals surface area contributed by atoms with Crippen molar-refractivity contribution in [3.05, 3.63) is 24.2 Å². The van der Waals surface area contributed by atoms with Crippen molar-refractivity contribution in [2.24, 2.45) is 5.92 Å². The van der Waals surface area contributed by atoms with E-state index in [1.807, 2.05) is 12.3 Å². The van der Waals surface area contributed by atoms with E-state index in [0.717, 1.165) is 35.3 Å². The van der Waals surface area contributed by atoms with Crippen LogP contribution < -0.4 is 0 Å². The Morgan fingerprint density at radius 3 is 3.09 bits per heavy atom. The van der Waals surface area contributed by atoms with Gasteiger partial charge in [-0.15, -0.1) is 0 Å². The topological polar surface area (TPSA) is 34.0 Å². The minimum absolute atomic E-state index is 0.736. The van der Waals surface area contributed by atoms with Gasteiger partial charge in [0.1, 0.15) is 11.3 Å². The van der Waals surface area contributed by atoms with E-state index in [1.54, 1.807) is 0 Å². The average molecular weight is 316 g/mol. The van der Waals surface area contributed by atoms with Crippen molar-refractivity contribution in [3.8, 4) is 0 Å². The number of pyridine rings is 1. The van der Waals surface area contributed by atoms with E-state index >= 15 is 0 Å². The number of thioether (sulfide) groups is 1. The molecule has 2 atom stereocenters. The lowest BCUT2D eigenvalue weighted by atomic mass is 10.1. The van der Waals surface area contributed by atoms with Crippen LogP contribution in [0.3, 0.4) is 0 Å². The van der Waals surface area contributed by atoms with Crippen molar-refractivity contribution >= 4 is 22.9 Å². The van der Waals surface area contributed by atoms with E-state index in [0.29, 0.717) is 0 Å². The van der Waals surface area contributed by atoms with Crippen LogP contribution in [0.5, 0.6) is 0 Å². The molecule has 5 heteroatoms. The molecule has 0 bridgehead atoms. The highest BCUT2D eigenvalue weighted by Crippen LogP contribution is 2.30. The molecule has 2 aliphatic heterocycles. The van der Waals surface area contributed by atoms with Gasteiger partial charge in [0.2, 0.25) is 0 Å². The van der Waals surface area contributed by atoms with Crippen LogP contribution in [0.4, 0.5) is 0 Å². The molecule has 118 valence electrons. The first-order valence-electron chi connectivity index (χ1n) is 8.40. The zero-order valence-corrected chi connectivity index (χ0v) is 14.1. The Labute approximate surface area is 136 Å². The number of rotatable bonds is 4. The summed E-state index contributed by atoms with van der Waals surface area (Å²) in [5.41, 5.74) is 2.14. The summed E-state index contributed by atoms with van der Waals surface area (Å²) in [6.45, 7) is 3.49. The fourth-order valence-corrected chi connectivity index (χ4v) is 5.06. The Bertz CT molecular complexity index is 647. The van der Waals surface area contributed by atoms with Crippen LogP contribution in [0, 0.1) is 5.92 Å². The number of imidazole rings is 1.